The summed E-state index contributed by atoms with van der Waals surface area (Å²) in [4.78, 5) is 38.9. The van der Waals surface area contributed by atoms with Crippen molar-refractivity contribution in [2.45, 2.75) is 168 Å². The molecule has 262 valence electrons. The number of nitrogens with one attached hydrogen (secondary N) is 2. The molecular formula is C38H71N3O4. The van der Waals surface area contributed by atoms with Gasteiger partial charge in [0.15, 0.2) is 0 Å². The van der Waals surface area contributed by atoms with Gasteiger partial charge in [0.25, 0.3) is 10.9 Å². The number of rotatable bonds is 33. The van der Waals surface area contributed by atoms with Gasteiger partial charge in [-0.2, -0.15) is 0 Å². The molecule has 1 atom stereocenters. The van der Waals surface area contributed by atoms with E-state index in [1.165, 1.54) is 103 Å². The van der Waals surface area contributed by atoms with Crippen LogP contribution >= 0.6 is 0 Å². The minimum Gasteiger partial charge on any atom is -0.465 e. The summed E-state index contributed by atoms with van der Waals surface area (Å²) in [5.41, 5.74) is 0.0374. The maximum atomic E-state index is 12.9. The predicted molar refractivity (Wildman–Crippen MR) is 193 cm³/mol. The minimum absolute atomic E-state index is 0.0496. The molecule has 1 unspecified atom stereocenters. The minimum atomic E-state index is -0.418. The molecule has 7 heteroatoms. The summed E-state index contributed by atoms with van der Waals surface area (Å²) >= 11 is 0. The highest BCUT2D eigenvalue weighted by atomic mass is 16.5. The highest BCUT2D eigenvalue weighted by Gasteiger charge is 2.20. The van der Waals surface area contributed by atoms with E-state index in [1.54, 1.807) is 7.05 Å². The second kappa shape index (κ2) is 28.3. The average molecular weight is 634 g/mol. The number of carbonyl (C=O) groups excluding carboxylic acids is 1. The molecule has 0 aliphatic heterocycles. The first-order valence-electron chi connectivity index (χ1n) is 19.1. The Balaban J connectivity index is 2.31. The van der Waals surface area contributed by atoms with Gasteiger partial charge in [0.2, 0.25) is 0 Å². The Hall–Kier alpha value is -1.89. The van der Waals surface area contributed by atoms with Gasteiger partial charge in [-0.3, -0.25) is 14.4 Å². The van der Waals surface area contributed by atoms with E-state index in [9.17, 15) is 14.4 Å². The maximum absolute atomic E-state index is 12.9. The van der Waals surface area contributed by atoms with Crippen molar-refractivity contribution < 1.29 is 9.53 Å². The summed E-state index contributed by atoms with van der Waals surface area (Å²) in [5.74, 6) is 0.142. The Bertz CT molecular complexity index is 911. The van der Waals surface area contributed by atoms with Crippen molar-refractivity contribution in [3.63, 3.8) is 0 Å². The summed E-state index contributed by atoms with van der Waals surface area (Å²) in [5, 5.41) is 6.00. The molecule has 0 aliphatic rings. The van der Waals surface area contributed by atoms with E-state index < -0.39 is 10.9 Å². The number of hydrogen-bond acceptors (Lipinski definition) is 7. The fourth-order valence-corrected chi connectivity index (χ4v) is 6.22. The first-order chi connectivity index (χ1) is 22.0. The fraction of sp³-hybridized carbons (Fsp3) is 0.868. The largest absolute Gasteiger partial charge is 0.465 e. The molecular weight excluding hydrogens is 562 g/mol. The summed E-state index contributed by atoms with van der Waals surface area (Å²) in [6.07, 6.45) is 27.4. The van der Waals surface area contributed by atoms with Crippen LogP contribution in [0.4, 0.5) is 11.4 Å². The third kappa shape index (κ3) is 19.4. The predicted octanol–water partition coefficient (Wildman–Crippen LogP) is 9.23. The van der Waals surface area contributed by atoms with Gasteiger partial charge in [-0.1, -0.05) is 130 Å². The lowest BCUT2D eigenvalue weighted by Crippen LogP contribution is -2.37. The zero-order valence-corrected chi connectivity index (χ0v) is 30.0. The highest BCUT2D eigenvalue weighted by molar-refractivity contribution is 5.73. The molecule has 0 bridgehead atoms. The van der Waals surface area contributed by atoms with Gasteiger partial charge in [0, 0.05) is 13.6 Å². The van der Waals surface area contributed by atoms with Crippen molar-refractivity contribution in [3.05, 3.63) is 20.4 Å². The fourth-order valence-electron chi connectivity index (χ4n) is 6.22. The topological polar surface area (TPSA) is 87.7 Å². The normalized spacial score (nSPS) is 12.2. The van der Waals surface area contributed by atoms with E-state index in [0.717, 1.165) is 64.6 Å². The van der Waals surface area contributed by atoms with Crippen LogP contribution < -0.4 is 21.5 Å². The first kappa shape index (κ1) is 41.1. The zero-order valence-electron chi connectivity index (χ0n) is 30.0. The summed E-state index contributed by atoms with van der Waals surface area (Å²) in [6.45, 7) is 11.2. The van der Waals surface area contributed by atoms with Gasteiger partial charge in [-0.05, 0) is 58.2 Å². The number of anilines is 2. The van der Waals surface area contributed by atoms with Crippen LogP contribution in [0.1, 0.15) is 168 Å². The van der Waals surface area contributed by atoms with Crippen molar-refractivity contribution in [2.24, 2.45) is 5.92 Å². The van der Waals surface area contributed by atoms with Crippen molar-refractivity contribution >= 4 is 17.3 Å². The van der Waals surface area contributed by atoms with Gasteiger partial charge in [0.1, 0.15) is 11.4 Å². The molecule has 0 radical (unpaired) electrons. The van der Waals surface area contributed by atoms with Crippen molar-refractivity contribution in [2.75, 3.05) is 50.5 Å². The molecule has 0 aromatic heterocycles. The summed E-state index contributed by atoms with van der Waals surface area (Å²) < 4.78 is 5.77. The van der Waals surface area contributed by atoms with Gasteiger partial charge >= 0.3 is 5.97 Å². The second-order valence-corrected chi connectivity index (χ2v) is 13.2. The lowest BCUT2D eigenvalue weighted by Gasteiger charge is -2.23. The van der Waals surface area contributed by atoms with Crippen LogP contribution in [0, 0.1) is 5.92 Å². The molecule has 45 heavy (non-hydrogen) atoms. The third-order valence-corrected chi connectivity index (χ3v) is 9.20. The van der Waals surface area contributed by atoms with Gasteiger partial charge in [-0.25, -0.2) is 0 Å². The van der Waals surface area contributed by atoms with Gasteiger partial charge in [0.05, 0.1) is 12.5 Å². The molecule has 0 fully saturated rings. The Kier molecular flexibility index (Phi) is 25.9. The van der Waals surface area contributed by atoms with E-state index in [-0.39, 0.29) is 11.9 Å². The SMILES string of the molecule is CCCCCCCCN(CCCCCCCOC(=O)C(CCCCCC)CCCCCCC)CCCNc1c(NC)c(=O)c1=O. The number of ether oxygens (including phenoxy) is 1. The van der Waals surface area contributed by atoms with Crippen LogP contribution in [0.2, 0.25) is 0 Å². The Morgan fingerprint density at radius 1 is 0.600 bits per heavy atom. The molecule has 1 rings (SSSR count). The standard InChI is InChI=1S/C38H71N3O4/c1-5-8-11-14-17-22-29-41(31-25-28-40-35-34(39-4)36(42)37(35)43)30-23-18-15-19-24-32-45-38(44)33(26-20-13-10-7-3)27-21-16-12-9-6-2/h33,39-40H,5-32H2,1-4H3. The Labute approximate surface area is 276 Å². The summed E-state index contributed by atoms with van der Waals surface area (Å²) in [7, 11) is 1.68. The van der Waals surface area contributed by atoms with Gasteiger partial charge in [-0.15, -0.1) is 0 Å². The first-order valence-corrected chi connectivity index (χ1v) is 19.1. The quantitative estimate of drug-likeness (QED) is 0.0453. The molecule has 0 amide bonds. The van der Waals surface area contributed by atoms with Crippen LogP contribution in [0.25, 0.3) is 0 Å². The molecule has 0 saturated carbocycles. The molecule has 0 saturated heterocycles. The molecule has 1 aromatic rings. The molecule has 1 aromatic carbocycles. The maximum Gasteiger partial charge on any atom is 0.308 e. The molecule has 0 heterocycles. The number of carbonyl (C=O) groups is 1. The van der Waals surface area contributed by atoms with Gasteiger partial charge < -0.3 is 20.3 Å². The molecule has 2 N–H and O–H groups in total. The van der Waals surface area contributed by atoms with Crippen molar-refractivity contribution in [1.29, 1.82) is 0 Å². The van der Waals surface area contributed by atoms with E-state index >= 15 is 0 Å². The zero-order chi connectivity index (χ0) is 33.0. The number of esters is 1. The van der Waals surface area contributed by atoms with E-state index in [4.69, 9.17) is 4.74 Å². The summed E-state index contributed by atoms with van der Waals surface area (Å²) in [6, 6.07) is 0. The lowest BCUT2D eigenvalue weighted by molar-refractivity contribution is -0.149. The van der Waals surface area contributed by atoms with E-state index in [0.29, 0.717) is 24.5 Å². The van der Waals surface area contributed by atoms with E-state index in [2.05, 4.69) is 36.3 Å². The van der Waals surface area contributed by atoms with Crippen LogP contribution in [0.5, 0.6) is 0 Å². The average Bonchev–Trinajstić information content (AvgIpc) is 3.05. The molecule has 7 nitrogen and oxygen atoms in total. The number of nitrogens with zero attached hydrogens (tertiary/aromatic N) is 1. The third-order valence-electron chi connectivity index (χ3n) is 9.20. The highest BCUT2D eigenvalue weighted by Crippen LogP contribution is 2.21. The molecule has 0 spiro atoms. The lowest BCUT2D eigenvalue weighted by atomic mass is 9.94. The molecule has 0 aliphatic carbocycles. The Morgan fingerprint density at radius 2 is 1.04 bits per heavy atom. The van der Waals surface area contributed by atoms with Crippen molar-refractivity contribution in [1.82, 2.24) is 4.90 Å². The second-order valence-electron chi connectivity index (χ2n) is 13.2. The Morgan fingerprint density at radius 3 is 1.60 bits per heavy atom. The number of unbranched alkanes of at least 4 members (excludes halogenated alkanes) is 16. The van der Waals surface area contributed by atoms with Crippen LogP contribution in [0.3, 0.4) is 0 Å². The monoisotopic (exact) mass is 634 g/mol. The van der Waals surface area contributed by atoms with Crippen LogP contribution in [-0.2, 0) is 9.53 Å². The smallest absolute Gasteiger partial charge is 0.308 e. The van der Waals surface area contributed by atoms with E-state index in [1.807, 2.05) is 0 Å². The van der Waals surface area contributed by atoms with Crippen LogP contribution in [-0.4, -0.2) is 50.7 Å². The van der Waals surface area contributed by atoms with Crippen molar-refractivity contribution in [3.8, 4) is 0 Å². The van der Waals surface area contributed by atoms with Crippen LogP contribution in [0.15, 0.2) is 9.59 Å². The number of hydrogen-bond donors (Lipinski definition) is 2.